The van der Waals surface area contributed by atoms with E-state index in [1.54, 1.807) is 0 Å². The van der Waals surface area contributed by atoms with Gasteiger partial charge in [0.2, 0.25) is 0 Å². The lowest BCUT2D eigenvalue weighted by Gasteiger charge is -2.31. The van der Waals surface area contributed by atoms with Gasteiger partial charge in [-0.1, -0.05) is 11.6 Å². The van der Waals surface area contributed by atoms with Crippen LogP contribution >= 0.6 is 0 Å². The summed E-state index contributed by atoms with van der Waals surface area (Å²) in [7, 11) is 0. The number of hydrogen-bond acceptors (Lipinski definition) is 3. The second-order valence-electron chi connectivity index (χ2n) is 4.29. The number of rotatable bonds is 2. The van der Waals surface area contributed by atoms with E-state index in [9.17, 15) is 0 Å². The molecule has 1 unspecified atom stereocenters. The first-order valence-corrected chi connectivity index (χ1v) is 5.54. The molecule has 14 heavy (non-hydrogen) atoms. The zero-order valence-corrected chi connectivity index (χ0v) is 8.96. The molecule has 0 spiro atoms. The Morgan fingerprint density at radius 1 is 1.64 bits per heavy atom. The lowest BCUT2D eigenvalue weighted by atomic mass is 10.1. The summed E-state index contributed by atoms with van der Waals surface area (Å²) in [4.78, 5) is 2.50. The first-order valence-electron chi connectivity index (χ1n) is 5.54. The quantitative estimate of drug-likeness (QED) is 0.656. The highest BCUT2D eigenvalue weighted by atomic mass is 16.5. The van der Waals surface area contributed by atoms with Crippen molar-refractivity contribution in [3.63, 3.8) is 0 Å². The molecule has 80 valence electrons. The van der Waals surface area contributed by atoms with E-state index in [1.165, 1.54) is 18.5 Å². The van der Waals surface area contributed by atoms with Crippen LogP contribution in [0.3, 0.4) is 0 Å². The number of nitrogens with zero attached hydrogens (tertiary/aromatic N) is 1. The molecular weight excluding hydrogens is 176 g/mol. The van der Waals surface area contributed by atoms with Crippen LogP contribution in [0.4, 0.5) is 0 Å². The molecule has 2 rings (SSSR count). The van der Waals surface area contributed by atoms with Crippen LogP contribution in [0.2, 0.25) is 0 Å². The Morgan fingerprint density at radius 2 is 2.57 bits per heavy atom. The molecule has 1 fully saturated rings. The SMILES string of the molecule is CC1=CCN(CC2COCCN2)CC1. The maximum Gasteiger partial charge on any atom is 0.0632 e. The average molecular weight is 196 g/mol. The monoisotopic (exact) mass is 196 g/mol. The normalized spacial score (nSPS) is 30.1. The van der Waals surface area contributed by atoms with Crippen LogP contribution in [0.1, 0.15) is 13.3 Å². The molecule has 0 amide bonds. The van der Waals surface area contributed by atoms with Crippen molar-refractivity contribution in [3.05, 3.63) is 11.6 Å². The molecule has 1 N–H and O–H groups in total. The molecular formula is C11H20N2O. The molecule has 3 heteroatoms. The van der Waals surface area contributed by atoms with Gasteiger partial charge in [-0.25, -0.2) is 0 Å². The molecule has 2 aliphatic rings. The van der Waals surface area contributed by atoms with Gasteiger partial charge in [-0.05, 0) is 13.3 Å². The van der Waals surface area contributed by atoms with Gasteiger partial charge in [-0.2, -0.15) is 0 Å². The highest BCUT2D eigenvalue weighted by Gasteiger charge is 2.17. The van der Waals surface area contributed by atoms with E-state index in [4.69, 9.17) is 4.74 Å². The van der Waals surface area contributed by atoms with Gasteiger partial charge in [0.25, 0.3) is 0 Å². The Morgan fingerprint density at radius 3 is 3.21 bits per heavy atom. The minimum atomic E-state index is 0.538. The Labute approximate surface area is 86.1 Å². The molecule has 0 aromatic heterocycles. The van der Waals surface area contributed by atoms with Crippen LogP contribution in [0, 0.1) is 0 Å². The van der Waals surface area contributed by atoms with Crippen molar-refractivity contribution in [2.24, 2.45) is 0 Å². The minimum Gasteiger partial charge on any atom is -0.378 e. The second-order valence-corrected chi connectivity index (χ2v) is 4.29. The fourth-order valence-corrected chi connectivity index (χ4v) is 2.03. The third kappa shape index (κ3) is 2.80. The largest absolute Gasteiger partial charge is 0.378 e. The summed E-state index contributed by atoms with van der Waals surface area (Å²) in [5, 5.41) is 3.49. The standard InChI is InChI=1S/C11H20N2O/c1-10-2-5-13(6-3-10)8-11-9-14-7-4-12-11/h2,11-12H,3-9H2,1H3. The maximum absolute atomic E-state index is 5.44. The van der Waals surface area contributed by atoms with Gasteiger partial charge < -0.3 is 10.1 Å². The summed E-state index contributed by atoms with van der Waals surface area (Å²) in [6.45, 7) is 8.43. The average Bonchev–Trinajstić information content (AvgIpc) is 2.23. The van der Waals surface area contributed by atoms with Crippen molar-refractivity contribution in [2.45, 2.75) is 19.4 Å². The van der Waals surface area contributed by atoms with E-state index in [0.717, 1.165) is 32.8 Å². The van der Waals surface area contributed by atoms with Gasteiger partial charge in [-0.3, -0.25) is 4.90 Å². The Kier molecular flexibility index (Phi) is 3.56. The molecule has 3 nitrogen and oxygen atoms in total. The van der Waals surface area contributed by atoms with Gasteiger partial charge in [0.05, 0.1) is 13.2 Å². The maximum atomic E-state index is 5.44. The first-order chi connectivity index (χ1) is 6.84. The number of hydrogen-bond donors (Lipinski definition) is 1. The van der Waals surface area contributed by atoms with Gasteiger partial charge in [-0.15, -0.1) is 0 Å². The smallest absolute Gasteiger partial charge is 0.0632 e. The Hall–Kier alpha value is -0.380. The van der Waals surface area contributed by atoms with E-state index in [1.807, 2.05) is 0 Å². The van der Waals surface area contributed by atoms with Crippen LogP contribution in [-0.4, -0.2) is 50.3 Å². The molecule has 2 heterocycles. The van der Waals surface area contributed by atoms with Gasteiger partial charge in [0.15, 0.2) is 0 Å². The molecule has 0 aliphatic carbocycles. The van der Waals surface area contributed by atoms with Gasteiger partial charge in [0, 0.05) is 32.2 Å². The first kappa shape index (κ1) is 10.1. The predicted octanol–water partition coefficient (Wildman–Crippen LogP) is 0.627. The van der Waals surface area contributed by atoms with Crippen molar-refractivity contribution in [2.75, 3.05) is 39.4 Å². The zero-order chi connectivity index (χ0) is 9.80. The number of nitrogens with one attached hydrogen (secondary N) is 1. The van der Waals surface area contributed by atoms with E-state index in [2.05, 4.69) is 23.2 Å². The van der Waals surface area contributed by atoms with Gasteiger partial charge >= 0.3 is 0 Å². The van der Waals surface area contributed by atoms with Crippen molar-refractivity contribution in [3.8, 4) is 0 Å². The van der Waals surface area contributed by atoms with E-state index in [-0.39, 0.29) is 0 Å². The second kappa shape index (κ2) is 4.91. The van der Waals surface area contributed by atoms with Gasteiger partial charge in [0.1, 0.15) is 0 Å². The summed E-state index contributed by atoms with van der Waals surface area (Å²) in [5.41, 5.74) is 1.54. The molecule has 0 aromatic carbocycles. The summed E-state index contributed by atoms with van der Waals surface area (Å²) in [5.74, 6) is 0. The lowest BCUT2D eigenvalue weighted by molar-refractivity contribution is 0.0630. The van der Waals surface area contributed by atoms with Crippen LogP contribution in [0.15, 0.2) is 11.6 Å². The Balaban J connectivity index is 1.74. The summed E-state index contributed by atoms with van der Waals surface area (Å²) < 4.78 is 5.44. The van der Waals surface area contributed by atoms with Crippen LogP contribution < -0.4 is 5.32 Å². The minimum absolute atomic E-state index is 0.538. The summed E-state index contributed by atoms with van der Waals surface area (Å²) in [6.07, 6.45) is 3.57. The zero-order valence-electron chi connectivity index (χ0n) is 8.96. The summed E-state index contributed by atoms with van der Waals surface area (Å²) >= 11 is 0. The molecule has 0 aromatic rings. The van der Waals surface area contributed by atoms with Crippen LogP contribution in [0.5, 0.6) is 0 Å². The molecule has 0 bridgehead atoms. The lowest BCUT2D eigenvalue weighted by Crippen LogP contribution is -2.49. The van der Waals surface area contributed by atoms with E-state index < -0.39 is 0 Å². The fourth-order valence-electron chi connectivity index (χ4n) is 2.03. The van der Waals surface area contributed by atoms with E-state index in [0.29, 0.717) is 6.04 Å². The highest BCUT2D eigenvalue weighted by Crippen LogP contribution is 2.10. The fraction of sp³-hybridized carbons (Fsp3) is 0.818. The predicted molar refractivity (Wildman–Crippen MR) is 57.4 cm³/mol. The number of morpholine rings is 1. The topological polar surface area (TPSA) is 24.5 Å². The molecule has 1 saturated heterocycles. The molecule has 1 atom stereocenters. The van der Waals surface area contributed by atoms with E-state index >= 15 is 0 Å². The third-order valence-corrected chi connectivity index (χ3v) is 3.00. The Bertz CT molecular complexity index is 209. The molecule has 2 aliphatic heterocycles. The molecule has 0 radical (unpaired) electrons. The van der Waals surface area contributed by atoms with Crippen LogP contribution in [-0.2, 0) is 4.74 Å². The van der Waals surface area contributed by atoms with Crippen molar-refractivity contribution in [1.29, 1.82) is 0 Å². The van der Waals surface area contributed by atoms with Crippen molar-refractivity contribution in [1.82, 2.24) is 10.2 Å². The van der Waals surface area contributed by atoms with Crippen LogP contribution in [0.25, 0.3) is 0 Å². The summed E-state index contributed by atoms with van der Waals surface area (Å²) in [6, 6.07) is 0.538. The third-order valence-electron chi connectivity index (χ3n) is 3.00. The number of ether oxygens (including phenoxy) is 1. The molecule has 0 saturated carbocycles. The van der Waals surface area contributed by atoms with Crippen molar-refractivity contribution >= 4 is 0 Å². The van der Waals surface area contributed by atoms with Crippen molar-refractivity contribution < 1.29 is 4.74 Å². The highest BCUT2D eigenvalue weighted by molar-refractivity contribution is 5.04.